The summed E-state index contributed by atoms with van der Waals surface area (Å²) in [5.41, 5.74) is 0.523. The van der Waals surface area contributed by atoms with Crippen LogP contribution in [0.4, 0.5) is 0 Å². The van der Waals surface area contributed by atoms with Crippen LogP contribution in [0.2, 0.25) is 5.02 Å². The molecule has 1 aliphatic carbocycles. The summed E-state index contributed by atoms with van der Waals surface area (Å²) in [6.45, 7) is 0.255. The van der Waals surface area contributed by atoms with Crippen molar-refractivity contribution in [2.24, 2.45) is 0 Å². The number of rotatable bonds is 5. The molecule has 1 aliphatic rings. The number of benzene rings is 1. The number of aliphatic carboxylic acids is 1. The van der Waals surface area contributed by atoms with Gasteiger partial charge in [-0.3, -0.25) is 9.59 Å². The lowest BCUT2D eigenvalue weighted by Gasteiger charge is -2.28. The summed E-state index contributed by atoms with van der Waals surface area (Å²) >= 11 is 5.92. The van der Waals surface area contributed by atoms with Gasteiger partial charge in [0.25, 0.3) is 5.91 Å². The Hall–Kier alpha value is -1.55. The van der Waals surface area contributed by atoms with Gasteiger partial charge in [-0.25, -0.2) is 0 Å². The van der Waals surface area contributed by atoms with E-state index in [2.05, 4.69) is 0 Å². The monoisotopic (exact) mass is 295 g/mol. The molecule has 2 rings (SSSR count). The molecule has 0 atom stereocenters. The first-order valence-corrected chi connectivity index (χ1v) is 7.24. The number of carbonyl (C=O) groups is 2. The second-order valence-electron chi connectivity index (χ2n) is 5.09. The quantitative estimate of drug-likeness (QED) is 0.907. The first-order valence-electron chi connectivity index (χ1n) is 6.86. The molecule has 1 aromatic carbocycles. The summed E-state index contributed by atoms with van der Waals surface area (Å²) in [6, 6.07) is 6.96. The third-order valence-corrected chi connectivity index (χ3v) is 3.90. The van der Waals surface area contributed by atoms with Gasteiger partial charge in [-0.1, -0.05) is 30.5 Å². The van der Waals surface area contributed by atoms with E-state index < -0.39 is 5.97 Å². The van der Waals surface area contributed by atoms with Crippen LogP contribution in [0.3, 0.4) is 0 Å². The fourth-order valence-electron chi connectivity index (χ4n) is 2.67. The van der Waals surface area contributed by atoms with Gasteiger partial charge in [-0.15, -0.1) is 0 Å². The van der Waals surface area contributed by atoms with Crippen molar-refractivity contribution in [3.8, 4) is 0 Å². The first kappa shape index (κ1) is 14.9. The standard InChI is InChI=1S/C15H18ClNO3/c16-12-5-3-4-11(10-12)15(20)17(9-8-14(18)19)13-6-1-2-7-13/h3-5,10,13H,1-2,6-9H2,(H,18,19). The van der Waals surface area contributed by atoms with E-state index in [0.29, 0.717) is 10.6 Å². The van der Waals surface area contributed by atoms with Crippen molar-refractivity contribution < 1.29 is 14.7 Å². The second-order valence-corrected chi connectivity index (χ2v) is 5.53. The fourth-order valence-corrected chi connectivity index (χ4v) is 2.86. The predicted molar refractivity (Wildman–Crippen MR) is 77.0 cm³/mol. The van der Waals surface area contributed by atoms with Gasteiger partial charge < -0.3 is 10.0 Å². The van der Waals surface area contributed by atoms with Crippen LogP contribution in [0.25, 0.3) is 0 Å². The highest BCUT2D eigenvalue weighted by Crippen LogP contribution is 2.25. The number of amides is 1. The number of carboxylic acid groups (broad SMARTS) is 1. The van der Waals surface area contributed by atoms with E-state index in [1.807, 2.05) is 0 Å². The van der Waals surface area contributed by atoms with Gasteiger partial charge in [-0.2, -0.15) is 0 Å². The third kappa shape index (κ3) is 3.73. The molecule has 5 heteroatoms. The average molecular weight is 296 g/mol. The van der Waals surface area contributed by atoms with Crippen LogP contribution < -0.4 is 0 Å². The van der Waals surface area contributed by atoms with Crippen LogP contribution >= 0.6 is 11.6 Å². The molecule has 0 radical (unpaired) electrons. The van der Waals surface area contributed by atoms with E-state index in [4.69, 9.17) is 16.7 Å². The Kier molecular flexibility index (Phi) is 5.01. The van der Waals surface area contributed by atoms with E-state index in [1.54, 1.807) is 29.2 Å². The minimum absolute atomic E-state index is 0.0250. The summed E-state index contributed by atoms with van der Waals surface area (Å²) in [7, 11) is 0. The van der Waals surface area contributed by atoms with Gasteiger partial charge in [0, 0.05) is 23.2 Å². The molecular weight excluding hydrogens is 278 g/mol. The van der Waals surface area contributed by atoms with E-state index in [1.165, 1.54) is 0 Å². The van der Waals surface area contributed by atoms with Crippen molar-refractivity contribution in [2.75, 3.05) is 6.54 Å². The molecule has 0 aliphatic heterocycles. The largest absolute Gasteiger partial charge is 0.481 e. The topological polar surface area (TPSA) is 57.6 Å². The summed E-state index contributed by atoms with van der Waals surface area (Å²) in [6.07, 6.45) is 4.06. The number of nitrogens with zero attached hydrogens (tertiary/aromatic N) is 1. The molecule has 0 unspecified atom stereocenters. The normalized spacial score (nSPS) is 15.2. The molecule has 4 nitrogen and oxygen atoms in total. The van der Waals surface area contributed by atoms with Crippen LogP contribution in [-0.2, 0) is 4.79 Å². The molecule has 0 spiro atoms. The predicted octanol–water partition coefficient (Wildman–Crippen LogP) is 3.20. The van der Waals surface area contributed by atoms with Crippen molar-refractivity contribution >= 4 is 23.5 Å². The number of halogens is 1. The molecule has 1 N–H and O–H groups in total. The highest BCUT2D eigenvalue weighted by atomic mass is 35.5. The van der Waals surface area contributed by atoms with Crippen molar-refractivity contribution in [1.29, 1.82) is 0 Å². The number of carboxylic acids is 1. The van der Waals surface area contributed by atoms with Crippen molar-refractivity contribution in [3.63, 3.8) is 0 Å². The van der Waals surface area contributed by atoms with Gasteiger partial charge in [-0.05, 0) is 31.0 Å². The fraction of sp³-hybridized carbons (Fsp3) is 0.467. The van der Waals surface area contributed by atoms with Crippen LogP contribution in [0.15, 0.2) is 24.3 Å². The molecule has 0 saturated heterocycles. The number of hydrogen-bond donors (Lipinski definition) is 1. The Balaban J connectivity index is 2.16. The summed E-state index contributed by atoms with van der Waals surface area (Å²) < 4.78 is 0. The Morgan fingerprint density at radius 2 is 2.00 bits per heavy atom. The van der Waals surface area contributed by atoms with Crippen molar-refractivity contribution in [2.45, 2.75) is 38.1 Å². The van der Waals surface area contributed by atoms with Crippen LogP contribution in [0.1, 0.15) is 42.5 Å². The molecule has 0 bridgehead atoms. The Bertz CT molecular complexity index is 498. The van der Waals surface area contributed by atoms with Gasteiger partial charge in [0.05, 0.1) is 6.42 Å². The van der Waals surface area contributed by atoms with Crippen molar-refractivity contribution in [3.05, 3.63) is 34.9 Å². The van der Waals surface area contributed by atoms with Gasteiger partial charge in [0.2, 0.25) is 0 Å². The Morgan fingerprint density at radius 1 is 1.30 bits per heavy atom. The van der Waals surface area contributed by atoms with E-state index in [-0.39, 0.29) is 24.9 Å². The number of carbonyl (C=O) groups excluding carboxylic acids is 1. The maximum Gasteiger partial charge on any atom is 0.305 e. The SMILES string of the molecule is O=C(O)CCN(C(=O)c1cccc(Cl)c1)C1CCCC1. The van der Waals surface area contributed by atoms with Crippen LogP contribution in [-0.4, -0.2) is 34.5 Å². The average Bonchev–Trinajstić information content (AvgIpc) is 2.92. The molecular formula is C15H18ClNO3. The zero-order valence-corrected chi connectivity index (χ0v) is 12.0. The van der Waals surface area contributed by atoms with Gasteiger partial charge >= 0.3 is 5.97 Å². The molecule has 108 valence electrons. The number of hydrogen-bond acceptors (Lipinski definition) is 2. The van der Waals surface area contributed by atoms with Crippen LogP contribution in [0, 0.1) is 0 Å². The first-order chi connectivity index (χ1) is 9.58. The summed E-state index contributed by atoms with van der Waals surface area (Å²) in [5.74, 6) is -1.01. The smallest absolute Gasteiger partial charge is 0.305 e. The lowest BCUT2D eigenvalue weighted by atomic mass is 10.1. The zero-order valence-electron chi connectivity index (χ0n) is 11.2. The lowest BCUT2D eigenvalue weighted by Crippen LogP contribution is -2.40. The molecule has 0 heterocycles. The highest BCUT2D eigenvalue weighted by molar-refractivity contribution is 6.30. The Labute approximate surface area is 123 Å². The molecule has 20 heavy (non-hydrogen) atoms. The second kappa shape index (κ2) is 6.75. The van der Waals surface area contributed by atoms with E-state index in [0.717, 1.165) is 25.7 Å². The molecule has 1 amide bonds. The summed E-state index contributed by atoms with van der Waals surface area (Å²) in [5, 5.41) is 9.36. The van der Waals surface area contributed by atoms with Gasteiger partial charge in [0.1, 0.15) is 0 Å². The molecule has 0 aromatic heterocycles. The minimum Gasteiger partial charge on any atom is -0.481 e. The minimum atomic E-state index is -0.883. The molecule has 1 saturated carbocycles. The summed E-state index contributed by atoms with van der Waals surface area (Å²) in [4.78, 5) is 25.0. The van der Waals surface area contributed by atoms with Crippen LogP contribution in [0.5, 0.6) is 0 Å². The van der Waals surface area contributed by atoms with Gasteiger partial charge in [0.15, 0.2) is 0 Å². The highest BCUT2D eigenvalue weighted by Gasteiger charge is 2.27. The maximum absolute atomic E-state index is 12.6. The molecule has 1 fully saturated rings. The molecule has 1 aromatic rings. The third-order valence-electron chi connectivity index (χ3n) is 3.66. The van der Waals surface area contributed by atoms with E-state index >= 15 is 0 Å². The maximum atomic E-state index is 12.6. The van der Waals surface area contributed by atoms with Crippen molar-refractivity contribution in [1.82, 2.24) is 4.90 Å². The van der Waals surface area contributed by atoms with E-state index in [9.17, 15) is 9.59 Å². The zero-order chi connectivity index (χ0) is 14.5. The Morgan fingerprint density at radius 3 is 2.60 bits per heavy atom. The lowest BCUT2D eigenvalue weighted by molar-refractivity contribution is -0.137.